The monoisotopic (exact) mass is 441 g/mol. The molecule has 5 nitrogen and oxygen atoms in total. The Morgan fingerprint density at radius 3 is 2.62 bits per heavy atom. The highest BCUT2D eigenvalue weighted by Gasteiger charge is 2.27. The summed E-state index contributed by atoms with van der Waals surface area (Å²) in [7, 11) is 0. The van der Waals surface area contributed by atoms with Crippen molar-refractivity contribution in [3.8, 4) is 0 Å². The number of carbonyl (C=O) groups excluding carboxylic acids is 2. The minimum absolute atomic E-state index is 0.00352. The van der Waals surface area contributed by atoms with Gasteiger partial charge in [-0.3, -0.25) is 9.59 Å². The summed E-state index contributed by atoms with van der Waals surface area (Å²) in [4.78, 5) is 31.4. The van der Waals surface area contributed by atoms with Crippen LogP contribution in [0.4, 0.5) is 5.69 Å². The number of thioether (sulfide) groups is 1. The minimum atomic E-state index is -0.166. The van der Waals surface area contributed by atoms with E-state index in [0.29, 0.717) is 12.3 Å². The van der Waals surface area contributed by atoms with Crippen LogP contribution in [-0.2, 0) is 9.59 Å². The molecule has 4 aromatic rings. The van der Waals surface area contributed by atoms with Gasteiger partial charge in [0.15, 0.2) is 0 Å². The predicted octanol–water partition coefficient (Wildman–Crippen LogP) is 4.55. The molecule has 2 N–H and O–H groups in total. The number of aromatic nitrogens is 1. The molecule has 1 aliphatic heterocycles. The van der Waals surface area contributed by atoms with Gasteiger partial charge >= 0.3 is 0 Å². The van der Waals surface area contributed by atoms with E-state index in [1.807, 2.05) is 60.8 Å². The molecule has 0 bridgehead atoms. The average Bonchev–Trinajstić information content (AvgIpc) is 3.26. The maximum atomic E-state index is 12.9. The molecule has 2 heterocycles. The summed E-state index contributed by atoms with van der Waals surface area (Å²) in [6.45, 7) is 0.467. The molecule has 1 atom stereocenters. The molecular formula is C26H23N3O2S. The van der Waals surface area contributed by atoms with Gasteiger partial charge in [-0.1, -0.05) is 60.7 Å². The van der Waals surface area contributed by atoms with Crippen molar-refractivity contribution >= 4 is 40.2 Å². The van der Waals surface area contributed by atoms with Gasteiger partial charge in [-0.25, -0.2) is 0 Å². The Morgan fingerprint density at radius 2 is 1.75 bits per heavy atom. The van der Waals surface area contributed by atoms with E-state index in [9.17, 15) is 9.59 Å². The molecule has 0 radical (unpaired) electrons. The molecule has 0 unspecified atom stereocenters. The van der Waals surface area contributed by atoms with Crippen LogP contribution in [0, 0.1) is 0 Å². The van der Waals surface area contributed by atoms with Crippen LogP contribution < -0.4 is 10.2 Å². The molecule has 0 fully saturated rings. The van der Waals surface area contributed by atoms with Crippen molar-refractivity contribution < 1.29 is 9.59 Å². The van der Waals surface area contributed by atoms with E-state index >= 15 is 0 Å². The van der Waals surface area contributed by atoms with Crippen LogP contribution in [0.3, 0.4) is 0 Å². The molecule has 1 aliphatic rings. The summed E-state index contributed by atoms with van der Waals surface area (Å²) < 4.78 is 0. The van der Waals surface area contributed by atoms with Crippen LogP contribution >= 0.6 is 11.8 Å². The van der Waals surface area contributed by atoms with Gasteiger partial charge in [0, 0.05) is 34.5 Å². The molecule has 32 heavy (non-hydrogen) atoms. The van der Waals surface area contributed by atoms with Gasteiger partial charge in [0.1, 0.15) is 6.54 Å². The van der Waals surface area contributed by atoms with Crippen LogP contribution in [0.1, 0.15) is 17.0 Å². The van der Waals surface area contributed by atoms with Crippen LogP contribution in [0.25, 0.3) is 10.9 Å². The van der Waals surface area contributed by atoms with Crippen molar-refractivity contribution in [3.63, 3.8) is 0 Å². The number of nitrogens with zero attached hydrogens (tertiary/aromatic N) is 1. The predicted molar refractivity (Wildman–Crippen MR) is 129 cm³/mol. The Hall–Kier alpha value is -3.51. The molecule has 6 heteroatoms. The number of benzene rings is 3. The number of hydrogen-bond donors (Lipinski definition) is 2. The Kier molecular flexibility index (Phi) is 5.69. The first-order valence-electron chi connectivity index (χ1n) is 10.6. The standard InChI is InChI=1S/C26H23N3O2S/c30-25(16-29-23-12-6-7-13-24(23)32-17-26(29)31)28-14-20(18-8-2-1-3-9-18)21-15-27-22-11-5-4-10-19(21)22/h1-13,15,20,27H,14,16-17H2,(H,28,30)/t20-/m0/s1. The van der Waals surface area contributed by atoms with E-state index in [1.165, 1.54) is 11.8 Å². The van der Waals surface area contributed by atoms with Gasteiger partial charge in [-0.05, 0) is 29.3 Å². The Bertz CT molecular complexity index is 1270. The van der Waals surface area contributed by atoms with Gasteiger partial charge < -0.3 is 15.2 Å². The van der Waals surface area contributed by atoms with Crippen molar-refractivity contribution in [3.05, 3.63) is 96.2 Å². The van der Waals surface area contributed by atoms with Gasteiger partial charge in [0.2, 0.25) is 11.8 Å². The highest BCUT2D eigenvalue weighted by atomic mass is 32.2. The maximum absolute atomic E-state index is 12.9. The summed E-state index contributed by atoms with van der Waals surface area (Å²) in [6.07, 6.45) is 2.02. The number of rotatable bonds is 6. The molecule has 160 valence electrons. The van der Waals surface area contributed by atoms with Gasteiger partial charge in [-0.2, -0.15) is 0 Å². The molecule has 1 aromatic heterocycles. The first-order chi connectivity index (χ1) is 15.7. The van der Waals surface area contributed by atoms with Gasteiger partial charge in [0.25, 0.3) is 0 Å². The summed E-state index contributed by atoms with van der Waals surface area (Å²) in [5.74, 6) is 0.142. The van der Waals surface area contributed by atoms with Crippen molar-refractivity contribution in [2.24, 2.45) is 0 Å². The number of amides is 2. The lowest BCUT2D eigenvalue weighted by Gasteiger charge is -2.28. The van der Waals surface area contributed by atoms with Crippen molar-refractivity contribution in [2.75, 3.05) is 23.7 Å². The fourth-order valence-corrected chi connectivity index (χ4v) is 5.15. The van der Waals surface area contributed by atoms with Crippen molar-refractivity contribution in [1.82, 2.24) is 10.3 Å². The van der Waals surface area contributed by atoms with E-state index in [2.05, 4.69) is 34.6 Å². The highest BCUT2D eigenvalue weighted by molar-refractivity contribution is 8.00. The first-order valence-corrected chi connectivity index (χ1v) is 11.6. The fourth-order valence-electron chi connectivity index (χ4n) is 4.22. The molecule has 0 aliphatic carbocycles. The number of carbonyl (C=O) groups is 2. The fraction of sp³-hybridized carbons (Fsp3) is 0.154. The van der Waals surface area contributed by atoms with E-state index in [1.54, 1.807) is 4.90 Å². The van der Waals surface area contributed by atoms with E-state index in [4.69, 9.17) is 0 Å². The maximum Gasteiger partial charge on any atom is 0.240 e. The Morgan fingerprint density at radius 1 is 1.00 bits per heavy atom. The van der Waals surface area contributed by atoms with Crippen molar-refractivity contribution in [1.29, 1.82) is 0 Å². The number of hydrogen-bond acceptors (Lipinski definition) is 3. The average molecular weight is 442 g/mol. The Balaban J connectivity index is 1.36. The van der Waals surface area contributed by atoms with Crippen LogP contribution in [0.15, 0.2) is 90.0 Å². The molecule has 0 spiro atoms. The Labute approximate surface area is 190 Å². The largest absolute Gasteiger partial charge is 0.361 e. The second-order valence-corrected chi connectivity index (χ2v) is 8.81. The third-order valence-electron chi connectivity index (χ3n) is 5.81. The lowest BCUT2D eigenvalue weighted by atomic mass is 9.91. The second-order valence-electron chi connectivity index (χ2n) is 7.79. The zero-order valence-electron chi connectivity index (χ0n) is 17.5. The third-order valence-corrected chi connectivity index (χ3v) is 6.86. The molecule has 5 rings (SSSR count). The summed E-state index contributed by atoms with van der Waals surface area (Å²) >= 11 is 1.52. The van der Waals surface area contributed by atoms with Crippen LogP contribution in [-0.4, -0.2) is 35.6 Å². The lowest BCUT2D eigenvalue weighted by molar-refractivity contribution is -0.123. The zero-order chi connectivity index (χ0) is 21.9. The number of anilines is 1. The van der Waals surface area contributed by atoms with Crippen LogP contribution in [0.2, 0.25) is 0 Å². The number of nitrogens with one attached hydrogen (secondary N) is 2. The van der Waals surface area contributed by atoms with E-state index < -0.39 is 0 Å². The quantitative estimate of drug-likeness (QED) is 0.461. The molecule has 0 saturated heterocycles. The number of fused-ring (bicyclic) bond motifs is 2. The highest BCUT2D eigenvalue weighted by Crippen LogP contribution is 2.35. The van der Waals surface area contributed by atoms with E-state index in [0.717, 1.165) is 32.6 Å². The SMILES string of the molecule is O=C(CN1C(=O)CSc2ccccc21)NC[C@@H](c1ccccc1)c1c[nH]c2ccccc12. The lowest BCUT2D eigenvalue weighted by Crippen LogP contribution is -2.44. The van der Waals surface area contributed by atoms with Gasteiger partial charge in [0.05, 0.1) is 11.4 Å². The number of para-hydroxylation sites is 2. The number of aromatic amines is 1. The van der Waals surface area contributed by atoms with E-state index in [-0.39, 0.29) is 24.3 Å². The molecule has 3 aromatic carbocycles. The zero-order valence-corrected chi connectivity index (χ0v) is 18.3. The number of H-pyrrole nitrogens is 1. The topological polar surface area (TPSA) is 65.2 Å². The molecular weight excluding hydrogens is 418 g/mol. The first kappa shape index (κ1) is 20.4. The summed E-state index contributed by atoms with van der Waals surface area (Å²) in [6, 6.07) is 26.1. The minimum Gasteiger partial charge on any atom is -0.361 e. The van der Waals surface area contributed by atoms with Gasteiger partial charge in [-0.15, -0.1) is 11.8 Å². The van der Waals surface area contributed by atoms with Crippen LogP contribution in [0.5, 0.6) is 0 Å². The summed E-state index contributed by atoms with van der Waals surface area (Å²) in [5.41, 5.74) is 4.15. The third kappa shape index (κ3) is 4.01. The molecule has 2 amide bonds. The summed E-state index contributed by atoms with van der Waals surface area (Å²) in [5, 5.41) is 4.23. The molecule has 0 saturated carbocycles. The smallest absolute Gasteiger partial charge is 0.240 e. The normalized spacial score (nSPS) is 14.2. The van der Waals surface area contributed by atoms with Crippen molar-refractivity contribution in [2.45, 2.75) is 10.8 Å². The second kappa shape index (κ2) is 8.93.